The Balaban J connectivity index is 1.28. The van der Waals surface area contributed by atoms with Crippen molar-refractivity contribution in [3.8, 4) is 0 Å². The molecule has 4 aliphatic heterocycles. The number of imide groups is 1. The lowest BCUT2D eigenvalue weighted by molar-refractivity contribution is -0.136. The van der Waals surface area contributed by atoms with E-state index >= 15 is 0 Å². The molecule has 5 aliphatic rings. The van der Waals surface area contributed by atoms with Crippen molar-refractivity contribution < 1.29 is 14.4 Å². The summed E-state index contributed by atoms with van der Waals surface area (Å²) in [5.41, 5.74) is 2.73. The van der Waals surface area contributed by atoms with Gasteiger partial charge in [-0.25, -0.2) is 0 Å². The van der Waals surface area contributed by atoms with Gasteiger partial charge in [-0.3, -0.25) is 19.7 Å². The molecule has 4 fully saturated rings. The summed E-state index contributed by atoms with van der Waals surface area (Å²) in [6, 6.07) is 6.58. The van der Waals surface area contributed by atoms with Crippen LogP contribution >= 0.6 is 0 Å². The minimum atomic E-state index is -0.550. The third kappa shape index (κ3) is 2.46. The van der Waals surface area contributed by atoms with Crippen LogP contribution in [0, 0.1) is 5.92 Å². The van der Waals surface area contributed by atoms with Crippen molar-refractivity contribution >= 4 is 17.7 Å². The summed E-state index contributed by atoms with van der Waals surface area (Å²) >= 11 is 0. The number of carbonyl (C=O) groups excluding carboxylic acids is 3. The molecular weight excluding hydrogens is 332 g/mol. The smallest absolute Gasteiger partial charge is 0.255 e. The summed E-state index contributed by atoms with van der Waals surface area (Å²) in [7, 11) is 0. The number of amides is 3. The molecule has 6 rings (SSSR count). The largest absolute Gasteiger partial charge is 0.322 e. The van der Waals surface area contributed by atoms with E-state index in [0.29, 0.717) is 30.6 Å². The summed E-state index contributed by atoms with van der Waals surface area (Å²) in [4.78, 5) is 37.9. The van der Waals surface area contributed by atoms with Gasteiger partial charge in [-0.15, -0.1) is 0 Å². The highest BCUT2D eigenvalue weighted by molar-refractivity contribution is 6.05. The van der Waals surface area contributed by atoms with Gasteiger partial charge in [-0.2, -0.15) is 0 Å². The van der Waals surface area contributed by atoms with E-state index in [-0.39, 0.29) is 24.1 Å². The topological polar surface area (TPSA) is 90.5 Å². The van der Waals surface area contributed by atoms with Crippen LogP contribution in [0.15, 0.2) is 18.2 Å². The third-order valence-electron chi connectivity index (χ3n) is 6.27. The molecule has 1 aromatic rings. The molecule has 4 heterocycles. The van der Waals surface area contributed by atoms with E-state index in [4.69, 9.17) is 0 Å². The van der Waals surface area contributed by atoms with Crippen LogP contribution in [-0.2, 0) is 22.7 Å². The molecule has 7 heteroatoms. The molecule has 7 nitrogen and oxygen atoms in total. The van der Waals surface area contributed by atoms with Gasteiger partial charge in [0.25, 0.3) is 5.91 Å². The SMILES string of the molecule is O=C1CCC(N2Cc3ccc(CN[C@H]4[C@H]5CN[C@@H]4C5)cc3C2=O)C(=O)N1. The minimum Gasteiger partial charge on any atom is -0.322 e. The number of carbonyl (C=O) groups is 3. The lowest BCUT2D eigenvalue weighted by Crippen LogP contribution is -2.52. The number of nitrogens with one attached hydrogen (secondary N) is 3. The van der Waals surface area contributed by atoms with E-state index in [2.05, 4.69) is 22.0 Å². The van der Waals surface area contributed by atoms with Crippen LogP contribution in [-0.4, -0.2) is 47.3 Å². The first-order chi connectivity index (χ1) is 12.6. The lowest BCUT2D eigenvalue weighted by atomic mass is 9.80. The average Bonchev–Trinajstić information content (AvgIpc) is 3.31. The Morgan fingerprint density at radius 2 is 2.12 bits per heavy atom. The monoisotopic (exact) mass is 354 g/mol. The summed E-state index contributed by atoms with van der Waals surface area (Å²) in [6.07, 6.45) is 1.95. The quantitative estimate of drug-likeness (QED) is 0.657. The van der Waals surface area contributed by atoms with E-state index in [1.807, 2.05) is 12.1 Å². The molecule has 1 aliphatic carbocycles. The Kier molecular flexibility index (Phi) is 3.62. The normalized spacial score (nSPS) is 32.5. The fraction of sp³-hybridized carbons (Fsp3) is 0.526. The molecule has 1 unspecified atom stereocenters. The third-order valence-corrected chi connectivity index (χ3v) is 6.27. The molecule has 3 saturated heterocycles. The molecule has 0 radical (unpaired) electrons. The van der Waals surface area contributed by atoms with Crippen LogP contribution in [0.4, 0.5) is 0 Å². The second-order valence-electron chi connectivity index (χ2n) is 7.81. The van der Waals surface area contributed by atoms with Crippen LogP contribution in [0.25, 0.3) is 0 Å². The van der Waals surface area contributed by atoms with Gasteiger partial charge in [0.05, 0.1) is 0 Å². The molecule has 26 heavy (non-hydrogen) atoms. The molecule has 0 spiro atoms. The second kappa shape index (κ2) is 5.89. The van der Waals surface area contributed by atoms with Gasteiger partial charge < -0.3 is 15.5 Å². The molecule has 136 valence electrons. The Bertz CT molecular complexity index is 794. The van der Waals surface area contributed by atoms with Crippen LogP contribution in [0.5, 0.6) is 0 Å². The van der Waals surface area contributed by atoms with Gasteiger partial charge in [0, 0.05) is 37.2 Å². The summed E-state index contributed by atoms with van der Waals surface area (Å²) in [5.74, 6) is 0.00119. The number of hydrogen-bond donors (Lipinski definition) is 3. The van der Waals surface area contributed by atoms with E-state index in [1.165, 1.54) is 6.42 Å². The number of hydrogen-bond acceptors (Lipinski definition) is 5. The van der Waals surface area contributed by atoms with Crippen LogP contribution in [0.1, 0.15) is 40.7 Å². The highest BCUT2D eigenvalue weighted by atomic mass is 16.2. The zero-order valence-electron chi connectivity index (χ0n) is 14.5. The van der Waals surface area contributed by atoms with Crippen molar-refractivity contribution in [2.24, 2.45) is 5.92 Å². The van der Waals surface area contributed by atoms with Crippen molar-refractivity contribution in [2.75, 3.05) is 6.54 Å². The van der Waals surface area contributed by atoms with Crippen LogP contribution in [0.2, 0.25) is 0 Å². The zero-order chi connectivity index (χ0) is 17.8. The molecule has 3 N–H and O–H groups in total. The molecule has 3 amide bonds. The minimum absolute atomic E-state index is 0.110. The predicted molar refractivity (Wildman–Crippen MR) is 93.0 cm³/mol. The highest BCUT2D eigenvalue weighted by Gasteiger charge is 2.46. The maximum atomic E-state index is 12.8. The van der Waals surface area contributed by atoms with Gasteiger partial charge in [-0.05, 0) is 42.5 Å². The Morgan fingerprint density at radius 1 is 1.23 bits per heavy atom. The Morgan fingerprint density at radius 3 is 2.85 bits per heavy atom. The molecule has 0 aromatic heterocycles. The van der Waals surface area contributed by atoms with Crippen LogP contribution in [0.3, 0.4) is 0 Å². The fourth-order valence-electron chi connectivity index (χ4n) is 4.73. The van der Waals surface area contributed by atoms with Gasteiger partial charge in [0.15, 0.2) is 0 Å². The average molecular weight is 354 g/mol. The van der Waals surface area contributed by atoms with Gasteiger partial charge in [0.2, 0.25) is 11.8 Å². The van der Waals surface area contributed by atoms with Gasteiger partial charge >= 0.3 is 0 Å². The Labute approximate surface area is 151 Å². The van der Waals surface area contributed by atoms with E-state index in [1.54, 1.807) is 4.90 Å². The summed E-state index contributed by atoms with van der Waals surface area (Å²) in [6.45, 7) is 2.29. The second-order valence-corrected chi connectivity index (χ2v) is 7.81. The number of piperidine rings is 1. The van der Waals surface area contributed by atoms with Gasteiger partial charge in [0.1, 0.15) is 6.04 Å². The van der Waals surface area contributed by atoms with E-state index in [9.17, 15) is 14.4 Å². The lowest BCUT2D eigenvalue weighted by Gasteiger charge is -2.35. The van der Waals surface area contributed by atoms with Crippen molar-refractivity contribution in [2.45, 2.75) is 50.5 Å². The van der Waals surface area contributed by atoms with Crippen molar-refractivity contribution in [1.82, 2.24) is 20.9 Å². The van der Waals surface area contributed by atoms with E-state index in [0.717, 1.165) is 30.1 Å². The molecule has 1 aromatic carbocycles. The predicted octanol–water partition coefficient (Wildman–Crippen LogP) is -0.102. The molecular formula is C19H22N4O3. The first kappa shape index (κ1) is 16.0. The maximum absolute atomic E-state index is 12.8. The number of rotatable bonds is 4. The van der Waals surface area contributed by atoms with Crippen molar-refractivity contribution in [1.29, 1.82) is 0 Å². The zero-order valence-corrected chi connectivity index (χ0v) is 14.5. The molecule has 1 saturated carbocycles. The highest BCUT2D eigenvalue weighted by Crippen LogP contribution is 2.34. The summed E-state index contributed by atoms with van der Waals surface area (Å²) < 4.78 is 0. The molecule has 4 atom stereocenters. The Hall–Kier alpha value is -2.25. The fourth-order valence-corrected chi connectivity index (χ4v) is 4.73. The number of nitrogens with zero attached hydrogens (tertiary/aromatic N) is 1. The first-order valence-corrected chi connectivity index (χ1v) is 9.33. The van der Waals surface area contributed by atoms with Crippen molar-refractivity contribution in [3.05, 3.63) is 34.9 Å². The number of benzene rings is 1. The maximum Gasteiger partial charge on any atom is 0.255 e. The van der Waals surface area contributed by atoms with Gasteiger partial charge in [-0.1, -0.05) is 12.1 Å². The number of fused-ring (bicyclic) bond motifs is 2. The summed E-state index contributed by atoms with van der Waals surface area (Å²) in [5, 5.41) is 9.43. The van der Waals surface area contributed by atoms with Crippen molar-refractivity contribution in [3.63, 3.8) is 0 Å². The standard InChI is InChI=1S/C19H22N4O3/c24-16-4-3-15(18(25)22-16)23-9-11-2-1-10(5-13(11)19(23)26)7-21-17-12-6-14(17)20-8-12/h1-2,5,12,14-15,17,20-21H,3-4,6-9H2,(H,22,24,25)/t12-,14-,15?,17+/m1/s1. The van der Waals surface area contributed by atoms with E-state index < -0.39 is 6.04 Å². The molecule has 2 bridgehead atoms. The van der Waals surface area contributed by atoms with Crippen LogP contribution < -0.4 is 16.0 Å². The first-order valence-electron chi connectivity index (χ1n) is 9.33.